The van der Waals surface area contributed by atoms with E-state index in [4.69, 9.17) is 9.47 Å². The predicted octanol–water partition coefficient (Wildman–Crippen LogP) is 2.88. The second kappa shape index (κ2) is 9.77. The van der Waals surface area contributed by atoms with Crippen molar-refractivity contribution in [3.8, 4) is 0 Å². The summed E-state index contributed by atoms with van der Waals surface area (Å²) in [6, 6.07) is 1.54. The van der Waals surface area contributed by atoms with E-state index in [-0.39, 0.29) is 24.2 Å². The number of aromatic amines is 1. The first-order chi connectivity index (χ1) is 14.5. The number of rotatable bonds is 7. The Hall–Kier alpha value is -2.84. The molecule has 3 heterocycles. The Morgan fingerprint density at radius 2 is 1.93 bits per heavy atom. The second-order valence-electron chi connectivity index (χ2n) is 7.44. The van der Waals surface area contributed by atoms with Crippen LogP contribution < -0.4 is 5.56 Å². The number of likely N-dealkylation sites (tertiary alicyclic amines) is 1. The number of piperidine rings is 1. The van der Waals surface area contributed by atoms with Gasteiger partial charge in [0.1, 0.15) is 5.56 Å². The molecule has 0 aliphatic carbocycles. The Kier molecular flexibility index (Phi) is 7.12. The van der Waals surface area contributed by atoms with Crippen LogP contribution in [0, 0.1) is 0 Å². The zero-order valence-corrected chi connectivity index (χ0v) is 17.9. The van der Waals surface area contributed by atoms with E-state index in [1.807, 2.05) is 13.8 Å². The van der Waals surface area contributed by atoms with Gasteiger partial charge in [0.2, 0.25) is 0 Å². The first-order valence-corrected chi connectivity index (χ1v) is 10.7. The third kappa shape index (κ3) is 4.49. The highest BCUT2D eigenvalue weighted by Crippen LogP contribution is 2.29. The summed E-state index contributed by atoms with van der Waals surface area (Å²) in [5.74, 6) is -0.434. The van der Waals surface area contributed by atoms with Crippen LogP contribution in [0.2, 0.25) is 0 Å². The molecule has 0 radical (unpaired) electrons. The van der Waals surface area contributed by atoms with Crippen LogP contribution in [0.15, 0.2) is 10.9 Å². The number of amides is 1. The molecule has 1 fully saturated rings. The fourth-order valence-electron chi connectivity index (χ4n) is 3.82. The zero-order chi connectivity index (χ0) is 21.7. The molecule has 0 bridgehead atoms. The average Bonchev–Trinajstić information content (AvgIpc) is 3.12. The number of carbonyl (C=O) groups is 2. The van der Waals surface area contributed by atoms with Crippen molar-refractivity contribution < 1.29 is 19.1 Å². The molecule has 0 saturated carbocycles. The van der Waals surface area contributed by atoms with E-state index in [1.54, 1.807) is 16.3 Å². The summed E-state index contributed by atoms with van der Waals surface area (Å²) in [7, 11) is 0. The third-order valence-corrected chi connectivity index (χ3v) is 5.43. The van der Waals surface area contributed by atoms with Crippen LogP contribution >= 0.6 is 0 Å². The van der Waals surface area contributed by atoms with Crippen molar-refractivity contribution >= 4 is 17.7 Å². The Balaban J connectivity index is 1.84. The van der Waals surface area contributed by atoms with Crippen molar-refractivity contribution in [3.63, 3.8) is 0 Å². The van der Waals surface area contributed by atoms with Gasteiger partial charge in [-0.3, -0.25) is 4.79 Å². The van der Waals surface area contributed by atoms with E-state index < -0.39 is 5.97 Å². The van der Waals surface area contributed by atoms with E-state index >= 15 is 0 Å². The van der Waals surface area contributed by atoms with Crippen LogP contribution in [-0.4, -0.2) is 57.9 Å². The minimum atomic E-state index is -0.484. The van der Waals surface area contributed by atoms with Gasteiger partial charge in [-0.1, -0.05) is 20.3 Å². The number of ether oxygens (including phenoxy) is 2. The topological polar surface area (TPSA) is 106 Å². The fourth-order valence-corrected chi connectivity index (χ4v) is 3.82. The molecule has 0 spiro atoms. The number of hydrogen-bond donors (Lipinski definition) is 1. The Morgan fingerprint density at radius 1 is 1.20 bits per heavy atom. The van der Waals surface area contributed by atoms with Gasteiger partial charge in [0.15, 0.2) is 5.65 Å². The van der Waals surface area contributed by atoms with Gasteiger partial charge in [-0.15, -0.1) is 0 Å². The Bertz CT molecular complexity index is 956. The molecule has 1 amide bonds. The van der Waals surface area contributed by atoms with E-state index in [9.17, 15) is 14.4 Å². The lowest BCUT2D eigenvalue weighted by Gasteiger charge is -2.31. The number of aromatic nitrogens is 3. The molecular formula is C21H30N4O5. The smallest absolute Gasteiger partial charge is 0.409 e. The maximum absolute atomic E-state index is 12.5. The molecular weight excluding hydrogens is 388 g/mol. The van der Waals surface area contributed by atoms with Gasteiger partial charge >= 0.3 is 12.1 Å². The molecule has 1 N–H and O–H groups in total. The highest BCUT2D eigenvalue weighted by Gasteiger charge is 2.29. The lowest BCUT2D eigenvalue weighted by atomic mass is 9.93. The van der Waals surface area contributed by atoms with Gasteiger partial charge in [-0.05, 0) is 32.6 Å². The quantitative estimate of drug-likeness (QED) is 0.547. The van der Waals surface area contributed by atoms with Gasteiger partial charge in [-0.25, -0.2) is 14.1 Å². The third-order valence-electron chi connectivity index (χ3n) is 5.43. The highest BCUT2D eigenvalue weighted by molar-refractivity contribution is 5.97. The molecule has 0 unspecified atom stereocenters. The first kappa shape index (κ1) is 21.9. The predicted molar refractivity (Wildman–Crippen MR) is 111 cm³/mol. The number of H-pyrrole nitrogens is 1. The largest absolute Gasteiger partial charge is 0.462 e. The van der Waals surface area contributed by atoms with Crippen molar-refractivity contribution in [1.29, 1.82) is 0 Å². The molecule has 30 heavy (non-hydrogen) atoms. The maximum Gasteiger partial charge on any atom is 0.409 e. The second-order valence-corrected chi connectivity index (χ2v) is 7.44. The standard InChI is InChI=1S/C21H30N4O5/c1-4-7-12-30-21(28)24-10-8-14(9-11-24)16-13-17(26)22-19-18(20(27)29-6-3)15(5-2)23-25(16)19/h13-14H,4-12H2,1-3H3,(H,22,26). The van der Waals surface area contributed by atoms with E-state index in [1.165, 1.54) is 6.07 Å². The Morgan fingerprint density at radius 3 is 2.57 bits per heavy atom. The van der Waals surface area contributed by atoms with E-state index in [0.717, 1.165) is 18.5 Å². The van der Waals surface area contributed by atoms with Crippen molar-refractivity contribution in [1.82, 2.24) is 19.5 Å². The van der Waals surface area contributed by atoms with Gasteiger partial charge in [0.25, 0.3) is 5.56 Å². The van der Waals surface area contributed by atoms with Gasteiger partial charge < -0.3 is 19.4 Å². The summed E-state index contributed by atoms with van der Waals surface area (Å²) < 4.78 is 12.1. The van der Waals surface area contributed by atoms with Crippen LogP contribution in [-0.2, 0) is 15.9 Å². The number of carbonyl (C=O) groups excluding carboxylic acids is 2. The summed E-state index contributed by atoms with van der Waals surface area (Å²) in [5.41, 5.74) is 1.74. The average molecular weight is 418 g/mol. The summed E-state index contributed by atoms with van der Waals surface area (Å²) in [6.07, 6.45) is 3.48. The minimum absolute atomic E-state index is 0.0501. The monoisotopic (exact) mass is 418 g/mol. The minimum Gasteiger partial charge on any atom is -0.462 e. The van der Waals surface area contributed by atoms with Crippen LogP contribution in [0.3, 0.4) is 0 Å². The van der Waals surface area contributed by atoms with Crippen molar-refractivity contribution in [2.75, 3.05) is 26.3 Å². The lowest BCUT2D eigenvalue weighted by Crippen LogP contribution is -2.39. The normalized spacial score (nSPS) is 14.8. The van der Waals surface area contributed by atoms with Gasteiger partial charge in [0.05, 0.1) is 24.6 Å². The molecule has 2 aromatic heterocycles. The number of nitrogens with one attached hydrogen (secondary N) is 1. The van der Waals surface area contributed by atoms with E-state index in [0.29, 0.717) is 55.9 Å². The van der Waals surface area contributed by atoms with Crippen LogP contribution in [0.1, 0.15) is 74.1 Å². The number of hydrogen-bond acceptors (Lipinski definition) is 6. The summed E-state index contributed by atoms with van der Waals surface area (Å²) in [4.78, 5) is 41.5. The fraction of sp³-hybridized carbons (Fsp3) is 0.619. The van der Waals surface area contributed by atoms with Crippen molar-refractivity contribution in [3.05, 3.63) is 33.4 Å². The van der Waals surface area contributed by atoms with E-state index in [2.05, 4.69) is 10.1 Å². The van der Waals surface area contributed by atoms with Crippen LogP contribution in [0.4, 0.5) is 4.79 Å². The van der Waals surface area contributed by atoms with Gasteiger partial charge in [0, 0.05) is 25.1 Å². The molecule has 2 aromatic rings. The molecule has 0 aromatic carbocycles. The first-order valence-electron chi connectivity index (χ1n) is 10.7. The molecule has 1 saturated heterocycles. The molecule has 1 aliphatic heterocycles. The summed E-state index contributed by atoms with van der Waals surface area (Å²) in [5, 5.41) is 4.60. The molecule has 9 heteroatoms. The zero-order valence-electron chi connectivity index (χ0n) is 17.9. The maximum atomic E-state index is 12.5. The summed E-state index contributed by atoms with van der Waals surface area (Å²) >= 11 is 0. The Labute approximate surface area is 175 Å². The van der Waals surface area contributed by atoms with Gasteiger partial charge in [-0.2, -0.15) is 5.10 Å². The molecule has 164 valence electrons. The molecule has 9 nitrogen and oxygen atoms in total. The number of nitrogens with zero attached hydrogens (tertiary/aromatic N) is 3. The number of esters is 1. The lowest BCUT2D eigenvalue weighted by molar-refractivity contribution is 0.0527. The number of fused-ring (bicyclic) bond motifs is 1. The molecule has 0 atom stereocenters. The summed E-state index contributed by atoms with van der Waals surface area (Å²) in [6.45, 7) is 7.49. The van der Waals surface area contributed by atoms with Crippen molar-refractivity contribution in [2.24, 2.45) is 0 Å². The number of aryl methyl sites for hydroxylation is 1. The molecule has 1 aliphatic rings. The SMILES string of the molecule is CCCCOC(=O)N1CCC(c2cc(=O)[nH]c3c(C(=O)OCC)c(CC)nn23)CC1. The number of unbranched alkanes of at least 4 members (excludes halogenated alkanes) is 1. The van der Waals surface area contributed by atoms with Crippen LogP contribution in [0.5, 0.6) is 0 Å². The van der Waals surface area contributed by atoms with Crippen LogP contribution in [0.25, 0.3) is 5.65 Å². The molecule has 3 rings (SSSR count). The van der Waals surface area contributed by atoms with Crippen molar-refractivity contribution in [2.45, 2.75) is 58.8 Å². The highest BCUT2D eigenvalue weighted by atomic mass is 16.6.